The van der Waals surface area contributed by atoms with Gasteiger partial charge in [-0.05, 0) is 37.1 Å². The summed E-state index contributed by atoms with van der Waals surface area (Å²) in [5.41, 5.74) is 2.79. The summed E-state index contributed by atoms with van der Waals surface area (Å²) in [6, 6.07) is 28.5. The van der Waals surface area contributed by atoms with Crippen molar-refractivity contribution in [3.05, 3.63) is 102 Å². The van der Waals surface area contributed by atoms with E-state index >= 15 is 0 Å². The summed E-state index contributed by atoms with van der Waals surface area (Å²) in [5, 5.41) is 5.96. The predicted molar refractivity (Wildman–Crippen MR) is 125 cm³/mol. The lowest BCUT2D eigenvalue weighted by Crippen LogP contribution is -2.40. The fourth-order valence-corrected chi connectivity index (χ4v) is 3.46. The zero-order chi connectivity index (χ0) is 22.1. The van der Waals surface area contributed by atoms with Crippen molar-refractivity contribution >= 4 is 17.6 Å². The Bertz CT molecular complexity index is 962. The number of urea groups is 1. The Hall–Kier alpha value is -3.60. The molecule has 160 valence electrons. The monoisotopic (exact) mass is 415 g/mol. The van der Waals surface area contributed by atoms with Crippen LogP contribution in [0.5, 0.6) is 0 Å². The maximum absolute atomic E-state index is 13.1. The highest BCUT2D eigenvalue weighted by atomic mass is 16.2. The number of hydrogen-bond donors (Lipinski definition) is 2. The number of benzene rings is 3. The Morgan fingerprint density at radius 2 is 1.29 bits per heavy atom. The Morgan fingerprint density at radius 3 is 1.87 bits per heavy atom. The van der Waals surface area contributed by atoms with Gasteiger partial charge in [-0.2, -0.15) is 0 Å². The van der Waals surface area contributed by atoms with Crippen LogP contribution < -0.4 is 10.6 Å². The Kier molecular flexibility index (Phi) is 7.82. The normalized spacial score (nSPS) is 12.5. The van der Waals surface area contributed by atoms with Gasteiger partial charge in [0.2, 0.25) is 5.91 Å². The molecule has 0 heterocycles. The van der Waals surface area contributed by atoms with Gasteiger partial charge in [-0.1, -0.05) is 78.9 Å². The minimum absolute atomic E-state index is 0.0888. The van der Waals surface area contributed by atoms with E-state index in [2.05, 4.69) is 10.6 Å². The third-order valence-electron chi connectivity index (χ3n) is 5.29. The zero-order valence-corrected chi connectivity index (χ0v) is 18.0. The molecule has 0 radical (unpaired) electrons. The van der Waals surface area contributed by atoms with Gasteiger partial charge in [0, 0.05) is 18.7 Å². The molecule has 3 aromatic rings. The molecule has 5 heteroatoms. The molecule has 2 unspecified atom stereocenters. The number of carbonyl (C=O) groups is 2. The molecule has 3 amide bonds. The minimum Gasteiger partial charge on any atom is -0.350 e. The molecule has 2 N–H and O–H groups in total. The third-order valence-corrected chi connectivity index (χ3v) is 5.29. The molecule has 31 heavy (non-hydrogen) atoms. The van der Waals surface area contributed by atoms with Crippen molar-refractivity contribution < 1.29 is 9.59 Å². The SMILES string of the molecule is CC(NC(=O)CCN(C(=O)Nc1ccccc1)C(C)c1ccccc1)c1ccccc1. The maximum Gasteiger partial charge on any atom is 0.322 e. The van der Waals surface area contributed by atoms with Gasteiger partial charge in [0.05, 0.1) is 12.1 Å². The first kappa shape index (κ1) is 22.1. The van der Waals surface area contributed by atoms with Crippen LogP contribution in [0.1, 0.15) is 43.5 Å². The lowest BCUT2D eigenvalue weighted by Gasteiger charge is -2.30. The van der Waals surface area contributed by atoms with Crippen molar-refractivity contribution in [1.29, 1.82) is 0 Å². The summed E-state index contributed by atoms with van der Waals surface area (Å²) < 4.78 is 0. The average molecular weight is 416 g/mol. The summed E-state index contributed by atoms with van der Waals surface area (Å²) in [5.74, 6) is -0.0888. The van der Waals surface area contributed by atoms with Crippen molar-refractivity contribution in [2.24, 2.45) is 0 Å². The van der Waals surface area contributed by atoms with E-state index in [1.807, 2.05) is 105 Å². The summed E-state index contributed by atoms with van der Waals surface area (Å²) in [7, 11) is 0. The molecule has 0 aliphatic carbocycles. The fourth-order valence-electron chi connectivity index (χ4n) is 3.46. The molecular weight excluding hydrogens is 386 g/mol. The van der Waals surface area contributed by atoms with Crippen molar-refractivity contribution in [1.82, 2.24) is 10.2 Å². The maximum atomic E-state index is 13.1. The smallest absolute Gasteiger partial charge is 0.322 e. The quantitative estimate of drug-likeness (QED) is 0.507. The van der Waals surface area contributed by atoms with E-state index in [4.69, 9.17) is 0 Å². The van der Waals surface area contributed by atoms with Gasteiger partial charge in [-0.25, -0.2) is 4.79 Å². The molecule has 0 fully saturated rings. The van der Waals surface area contributed by atoms with Crippen LogP contribution in [0.25, 0.3) is 0 Å². The van der Waals surface area contributed by atoms with Crippen LogP contribution in [0.15, 0.2) is 91.0 Å². The van der Waals surface area contributed by atoms with Crippen molar-refractivity contribution in [2.75, 3.05) is 11.9 Å². The number of anilines is 1. The van der Waals surface area contributed by atoms with Crippen LogP contribution >= 0.6 is 0 Å². The highest BCUT2D eigenvalue weighted by Gasteiger charge is 2.23. The van der Waals surface area contributed by atoms with Crippen LogP contribution in [0, 0.1) is 0 Å². The molecule has 0 aliphatic heterocycles. The topological polar surface area (TPSA) is 61.4 Å². The zero-order valence-electron chi connectivity index (χ0n) is 18.0. The lowest BCUT2D eigenvalue weighted by atomic mass is 10.1. The standard InChI is InChI=1S/C26H29N3O2/c1-20(22-12-6-3-7-13-22)27-25(30)18-19-29(21(2)23-14-8-4-9-15-23)26(31)28-24-16-10-5-11-17-24/h3-17,20-21H,18-19H2,1-2H3,(H,27,30)(H,28,31). The first-order chi connectivity index (χ1) is 15.0. The first-order valence-corrected chi connectivity index (χ1v) is 10.6. The second-order valence-corrected chi connectivity index (χ2v) is 7.53. The van der Waals surface area contributed by atoms with Crippen LogP contribution in [0.2, 0.25) is 0 Å². The Balaban J connectivity index is 1.67. The summed E-state index contributed by atoms with van der Waals surface area (Å²) in [6.07, 6.45) is 0.219. The number of nitrogens with one attached hydrogen (secondary N) is 2. The van der Waals surface area contributed by atoms with Crippen molar-refractivity contribution in [3.8, 4) is 0 Å². The highest BCUT2D eigenvalue weighted by molar-refractivity contribution is 5.90. The van der Waals surface area contributed by atoms with Gasteiger partial charge < -0.3 is 15.5 Å². The summed E-state index contributed by atoms with van der Waals surface area (Å²) in [6.45, 7) is 4.24. The van der Waals surface area contributed by atoms with Crippen LogP contribution in [-0.2, 0) is 4.79 Å². The second kappa shape index (κ2) is 11.0. The molecule has 3 aromatic carbocycles. The van der Waals surface area contributed by atoms with Crippen molar-refractivity contribution in [3.63, 3.8) is 0 Å². The van der Waals surface area contributed by atoms with Gasteiger partial charge in [0.1, 0.15) is 0 Å². The summed E-state index contributed by atoms with van der Waals surface area (Å²) in [4.78, 5) is 27.4. The molecule has 2 atom stereocenters. The molecule has 0 bridgehead atoms. The Labute approximate surface area is 184 Å². The average Bonchev–Trinajstić information content (AvgIpc) is 2.81. The number of carbonyl (C=O) groups excluding carboxylic acids is 2. The highest BCUT2D eigenvalue weighted by Crippen LogP contribution is 2.22. The number of nitrogens with zero attached hydrogens (tertiary/aromatic N) is 1. The van der Waals surface area contributed by atoms with Gasteiger partial charge in [0.15, 0.2) is 0 Å². The van der Waals surface area contributed by atoms with Crippen LogP contribution in [0.4, 0.5) is 10.5 Å². The predicted octanol–water partition coefficient (Wildman–Crippen LogP) is 5.55. The van der Waals surface area contributed by atoms with Crippen molar-refractivity contribution in [2.45, 2.75) is 32.4 Å². The number of para-hydroxylation sites is 1. The number of amides is 3. The molecule has 0 aliphatic rings. The molecule has 0 saturated heterocycles. The van der Waals surface area contributed by atoms with Gasteiger partial charge in [-0.15, -0.1) is 0 Å². The van der Waals surface area contributed by atoms with E-state index in [0.717, 1.165) is 16.8 Å². The molecule has 0 aromatic heterocycles. The molecule has 0 spiro atoms. The van der Waals surface area contributed by atoms with Gasteiger partial charge in [0.25, 0.3) is 0 Å². The first-order valence-electron chi connectivity index (χ1n) is 10.6. The number of rotatable bonds is 8. The molecule has 0 saturated carbocycles. The second-order valence-electron chi connectivity index (χ2n) is 7.53. The van der Waals surface area contributed by atoms with E-state index in [0.29, 0.717) is 6.54 Å². The van der Waals surface area contributed by atoms with Gasteiger partial charge in [-0.3, -0.25) is 4.79 Å². The van der Waals surface area contributed by atoms with E-state index in [1.54, 1.807) is 4.90 Å². The van der Waals surface area contributed by atoms with E-state index < -0.39 is 0 Å². The Morgan fingerprint density at radius 1 is 0.774 bits per heavy atom. The fraction of sp³-hybridized carbons (Fsp3) is 0.231. The molecule has 3 rings (SSSR count). The van der Waals surface area contributed by atoms with Crippen LogP contribution in [-0.4, -0.2) is 23.4 Å². The van der Waals surface area contributed by atoms with Gasteiger partial charge >= 0.3 is 6.03 Å². The molecule has 5 nitrogen and oxygen atoms in total. The summed E-state index contributed by atoms with van der Waals surface area (Å²) >= 11 is 0. The van der Waals surface area contributed by atoms with E-state index in [9.17, 15) is 9.59 Å². The third kappa shape index (κ3) is 6.44. The minimum atomic E-state index is -0.230. The molecular formula is C26H29N3O2. The van der Waals surface area contributed by atoms with Crippen LogP contribution in [0.3, 0.4) is 0 Å². The van der Waals surface area contributed by atoms with E-state index in [1.165, 1.54) is 0 Å². The van der Waals surface area contributed by atoms with E-state index in [-0.39, 0.29) is 30.4 Å². The number of hydrogen-bond acceptors (Lipinski definition) is 2. The lowest BCUT2D eigenvalue weighted by molar-refractivity contribution is -0.122. The largest absolute Gasteiger partial charge is 0.350 e.